The summed E-state index contributed by atoms with van der Waals surface area (Å²) >= 11 is 0. The quantitative estimate of drug-likeness (QED) is 0.0818. The zero-order valence-corrected chi connectivity index (χ0v) is 31.1. The number of ether oxygens (including phenoxy) is 9. The number of amides is 1. The van der Waals surface area contributed by atoms with Crippen LogP contribution in [-0.4, -0.2) is 262 Å². The van der Waals surface area contributed by atoms with Gasteiger partial charge in [0.25, 0.3) is 0 Å². The van der Waals surface area contributed by atoms with Crippen LogP contribution in [0.4, 0.5) is 0 Å². The molecule has 0 aromatic heterocycles. The zero-order chi connectivity index (χ0) is 42.9. The van der Waals surface area contributed by atoms with Gasteiger partial charge in [-0.25, -0.2) is 0 Å². The van der Waals surface area contributed by atoms with Crippen LogP contribution in [0.15, 0.2) is 0 Å². The number of hydrogen-bond acceptors (Lipinski definition) is 25. The molecule has 5 saturated heterocycles. The number of carbonyl (C=O) groups excluding carboxylic acids is 1. The van der Waals surface area contributed by atoms with Crippen molar-refractivity contribution in [3.05, 3.63) is 0 Å². The highest BCUT2D eigenvalue weighted by Gasteiger charge is 2.57. The van der Waals surface area contributed by atoms with Gasteiger partial charge in [0.2, 0.25) is 5.91 Å². The van der Waals surface area contributed by atoms with Crippen molar-refractivity contribution in [1.82, 2.24) is 5.32 Å². The molecule has 26 nitrogen and oxygen atoms in total. The summed E-state index contributed by atoms with van der Waals surface area (Å²) in [5, 5.41) is 160. The maximum atomic E-state index is 12.3. The highest BCUT2D eigenvalue weighted by molar-refractivity contribution is 5.73. The van der Waals surface area contributed by atoms with Crippen LogP contribution in [0.25, 0.3) is 0 Å². The number of aliphatic hydroxyl groups is 15. The van der Waals surface area contributed by atoms with E-state index < -0.39 is 186 Å². The summed E-state index contributed by atoms with van der Waals surface area (Å²) in [6, 6.07) is -1.65. The second kappa shape index (κ2) is 20.1. The lowest BCUT2D eigenvalue weighted by Gasteiger charge is -2.50. The van der Waals surface area contributed by atoms with Crippen molar-refractivity contribution >= 4 is 5.91 Å². The lowest BCUT2D eigenvalue weighted by molar-refractivity contribution is -0.393. The van der Waals surface area contributed by atoms with Crippen molar-refractivity contribution in [3.8, 4) is 0 Å². The van der Waals surface area contributed by atoms with Gasteiger partial charge < -0.3 is 125 Å². The minimum absolute atomic E-state index is 0.774. The van der Waals surface area contributed by atoms with Crippen LogP contribution in [0.3, 0.4) is 0 Å². The fraction of sp³-hybridized carbons (Fsp3) is 0.969. The third kappa shape index (κ3) is 9.75. The Labute approximate surface area is 329 Å². The zero-order valence-electron chi connectivity index (χ0n) is 31.1. The Morgan fingerprint density at radius 3 is 1.47 bits per heavy atom. The van der Waals surface area contributed by atoms with Gasteiger partial charge in [-0.15, -0.1) is 0 Å². The van der Waals surface area contributed by atoms with Gasteiger partial charge in [0.05, 0.1) is 32.5 Å². The van der Waals surface area contributed by atoms with E-state index in [1.807, 2.05) is 0 Å². The molecule has 5 heterocycles. The van der Waals surface area contributed by atoms with Gasteiger partial charge in [-0.05, 0) is 6.92 Å². The van der Waals surface area contributed by atoms with E-state index >= 15 is 0 Å². The predicted molar refractivity (Wildman–Crippen MR) is 177 cm³/mol. The molecule has 5 aliphatic rings. The Hall–Kier alpha value is -1.49. The lowest BCUT2D eigenvalue weighted by atomic mass is 9.94. The maximum Gasteiger partial charge on any atom is 0.217 e. The molecule has 0 spiro atoms. The van der Waals surface area contributed by atoms with Gasteiger partial charge in [0, 0.05) is 6.92 Å². The molecule has 25 atom stereocenters. The molecule has 5 fully saturated rings. The molecule has 5 rings (SSSR count). The highest BCUT2D eigenvalue weighted by Crippen LogP contribution is 2.36. The van der Waals surface area contributed by atoms with Crippen LogP contribution in [0.5, 0.6) is 0 Å². The molecule has 0 radical (unpaired) electrons. The summed E-state index contributed by atoms with van der Waals surface area (Å²) in [5.74, 6) is -0.774. The molecule has 0 aromatic rings. The Morgan fingerprint density at radius 2 is 0.897 bits per heavy atom. The Bertz CT molecular complexity index is 1310. The van der Waals surface area contributed by atoms with Gasteiger partial charge in [-0.3, -0.25) is 4.79 Å². The first-order valence-electron chi connectivity index (χ1n) is 18.5. The topological polar surface area (TPSA) is 416 Å². The molecule has 338 valence electrons. The minimum Gasteiger partial charge on any atom is -0.394 e. The number of nitrogens with one attached hydrogen (secondary N) is 1. The molecule has 2 unspecified atom stereocenters. The number of rotatable bonds is 13. The summed E-state index contributed by atoms with van der Waals surface area (Å²) in [7, 11) is 0. The minimum atomic E-state index is -2.14. The highest BCUT2D eigenvalue weighted by atomic mass is 16.8. The fourth-order valence-electron chi connectivity index (χ4n) is 7.37. The molecular formula is C32H55NO25. The van der Waals surface area contributed by atoms with Gasteiger partial charge in [0.1, 0.15) is 116 Å². The monoisotopic (exact) mass is 853 g/mol. The van der Waals surface area contributed by atoms with E-state index in [1.165, 1.54) is 6.92 Å². The van der Waals surface area contributed by atoms with E-state index in [2.05, 4.69) is 5.32 Å². The molecule has 0 aromatic carbocycles. The van der Waals surface area contributed by atoms with E-state index in [0.717, 1.165) is 6.92 Å². The van der Waals surface area contributed by atoms with E-state index in [0.29, 0.717) is 0 Å². The van der Waals surface area contributed by atoms with Crippen LogP contribution in [-0.2, 0) is 47.4 Å². The van der Waals surface area contributed by atoms with Gasteiger partial charge in [-0.2, -0.15) is 0 Å². The predicted octanol–water partition coefficient (Wildman–Crippen LogP) is -10.8. The molecule has 58 heavy (non-hydrogen) atoms. The maximum absolute atomic E-state index is 12.3. The van der Waals surface area contributed by atoms with Crippen molar-refractivity contribution in [1.29, 1.82) is 0 Å². The molecule has 26 heteroatoms. The summed E-state index contributed by atoms with van der Waals surface area (Å²) in [6.45, 7) is -1.30. The Balaban J connectivity index is 1.38. The lowest BCUT2D eigenvalue weighted by Crippen LogP contribution is -2.70. The molecule has 0 saturated carbocycles. The average molecular weight is 854 g/mol. The van der Waals surface area contributed by atoms with Crippen LogP contribution in [0, 0.1) is 0 Å². The molecule has 0 bridgehead atoms. The molecule has 16 N–H and O–H groups in total. The average Bonchev–Trinajstić information content (AvgIpc) is 3.19. The Kier molecular flexibility index (Phi) is 16.5. The smallest absolute Gasteiger partial charge is 0.217 e. The first-order valence-corrected chi connectivity index (χ1v) is 18.5. The summed E-state index contributed by atoms with van der Waals surface area (Å²) in [6.07, 6.45) is -43.1. The summed E-state index contributed by atoms with van der Waals surface area (Å²) in [5.41, 5.74) is 0. The third-order valence-corrected chi connectivity index (χ3v) is 10.7. The number of hydrogen-bond donors (Lipinski definition) is 16. The van der Waals surface area contributed by atoms with E-state index in [4.69, 9.17) is 42.6 Å². The number of aliphatic hydroxyl groups excluding tert-OH is 15. The molecule has 5 aliphatic heterocycles. The second-order valence-electron chi connectivity index (χ2n) is 14.7. The van der Waals surface area contributed by atoms with Crippen LogP contribution in [0.2, 0.25) is 0 Å². The van der Waals surface area contributed by atoms with Crippen LogP contribution >= 0.6 is 0 Å². The molecule has 0 aliphatic carbocycles. The van der Waals surface area contributed by atoms with Crippen LogP contribution < -0.4 is 5.32 Å². The second-order valence-corrected chi connectivity index (χ2v) is 14.7. The van der Waals surface area contributed by atoms with Gasteiger partial charge >= 0.3 is 0 Å². The van der Waals surface area contributed by atoms with Crippen molar-refractivity contribution in [2.24, 2.45) is 0 Å². The standard InChI is InChI=1S/C32H55NO25/c1-7-14(39)18(43)20(45)30(50-7)55-24-11(5-36)54-29(13(17(24)42)33-8(2)38)57-26-16(41)10(4-35)53-32(23(26)48)56-25-12(6-37)51-28(49)22(47)27(25)58-31-21(46)19(44)15(40)9(3-34)52-31/h7,9-32,34-37,39-49H,3-6H2,1-2H3,(H,33,38)/t7-,9+,10+,11+,12+,13+,14+,15-,16+,17+,18?,19+,20-,21+,22+,23+,24+,25+,26+,27+,28?,29-,30-,31-,32-/m0/s1. The molecule has 1 amide bonds. The normalized spacial score (nSPS) is 51.6. The first-order chi connectivity index (χ1) is 27.4. The number of carbonyl (C=O) groups is 1. The van der Waals surface area contributed by atoms with Crippen molar-refractivity contribution < 1.29 is 124 Å². The van der Waals surface area contributed by atoms with Crippen LogP contribution in [0.1, 0.15) is 13.8 Å². The van der Waals surface area contributed by atoms with E-state index in [9.17, 15) is 81.4 Å². The largest absolute Gasteiger partial charge is 0.394 e. The third-order valence-electron chi connectivity index (χ3n) is 10.7. The van der Waals surface area contributed by atoms with Gasteiger partial charge in [-0.1, -0.05) is 0 Å². The molecular weight excluding hydrogens is 798 g/mol. The summed E-state index contributed by atoms with van der Waals surface area (Å²) in [4.78, 5) is 12.3. The van der Waals surface area contributed by atoms with Gasteiger partial charge in [0.15, 0.2) is 31.5 Å². The fourth-order valence-corrected chi connectivity index (χ4v) is 7.37. The van der Waals surface area contributed by atoms with E-state index in [-0.39, 0.29) is 0 Å². The van der Waals surface area contributed by atoms with Crippen molar-refractivity contribution in [2.45, 2.75) is 167 Å². The SMILES string of the molecule is CC(=O)N[C@H]1[C@H](O[C@H]2[C@@H](O)[C@H](O[C@H]3[C@H](O[C@@H]4O[C@H](CO)[C@H](O)[C@@H](O)[C@H]4O)[C@@H](O)C(O)O[C@@H]3CO)O[C@H](CO)[C@H]2O)O[C@H](CO)[C@@H](O[C@@H]2O[C@@H](C)[C@@H](O)C(O)[C@@H]2O)[C@@H]1O. The Morgan fingerprint density at radius 1 is 0.448 bits per heavy atom. The van der Waals surface area contributed by atoms with Crippen molar-refractivity contribution in [3.63, 3.8) is 0 Å². The first kappa shape index (κ1) is 47.6. The summed E-state index contributed by atoms with van der Waals surface area (Å²) < 4.78 is 50.6. The van der Waals surface area contributed by atoms with Crippen molar-refractivity contribution in [2.75, 3.05) is 26.4 Å². The van der Waals surface area contributed by atoms with E-state index in [1.54, 1.807) is 0 Å².